The average Bonchev–Trinajstić information content (AvgIpc) is 2.97. The van der Waals surface area contributed by atoms with Crippen molar-refractivity contribution in [1.29, 1.82) is 0 Å². The van der Waals surface area contributed by atoms with Crippen molar-refractivity contribution in [3.8, 4) is 0 Å². The normalized spacial score (nSPS) is 24.9. The first-order valence-electron chi connectivity index (χ1n) is 5.31. The second-order valence-corrected chi connectivity index (χ2v) is 4.32. The second kappa shape index (κ2) is 3.01. The van der Waals surface area contributed by atoms with Crippen molar-refractivity contribution in [2.75, 3.05) is 0 Å². The lowest BCUT2D eigenvalue weighted by Crippen LogP contribution is -2.31. The largest absolute Gasteiger partial charge is 0.264 e. The molecule has 6 heteroatoms. The van der Waals surface area contributed by atoms with Gasteiger partial charge in [0, 0.05) is 23.7 Å². The minimum absolute atomic E-state index is 0.207. The molecule has 6 nitrogen and oxygen atoms in total. The van der Waals surface area contributed by atoms with Crippen LogP contribution in [0, 0.1) is 10.1 Å². The second-order valence-electron chi connectivity index (χ2n) is 4.32. The number of nitrogens with zero attached hydrogens (tertiary/aromatic N) is 4. The van der Waals surface area contributed by atoms with Gasteiger partial charge in [-0.15, -0.1) is 0 Å². The van der Waals surface area contributed by atoms with E-state index < -0.39 is 6.04 Å². The third kappa shape index (κ3) is 1.49. The zero-order chi connectivity index (χ0) is 10.4. The Morgan fingerprint density at radius 2 is 2.20 bits per heavy atom. The maximum Gasteiger partial charge on any atom is 0.232 e. The molecule has 15 heavy (non-hydrogen) atoms. The van der Waals surface area contributed by atoms with E-state index >= 15 is 0 Å². The SMILES string of the molecule is O=[N+]([O-])C1CCc2nc(C3CC3)nn2C1. The summed E-state index contributed by atoms with van der Waals surface area (Å²) in [4.78, 5) is 14.9. The van der Waals surface area contributed by atoms with E-state index in [0.717, 1.165) is 11.6 Å². The van der Waals surface area contributed by atoms with Crippen molar-refractivity contribution in [2.24, 2.45) is 0 Å². The van der Waals surface area contributed by atoms with Gasteiger partial charge in [0.2, 0.25) is 6.04 Å². The Morgan fingerprint density at radius 1 is 1.40 bits per heavy atom. The van der Waals surface area contributed by atoms with Gasteiger partial charge < -0.3 is 0 Å². The number of hydrogen-bond donors (Lipinski definition) is 0. The first-order chi connectivity index (χ1) is 7.24. The van der Waals surface area contributed by atoms with E-state index in [2.05, 4.69) is 10.1 Å². The van der Waals surface area contributed by atoms with Gasteiger partial charge in [-0.2, -0.15) is 5.10 Å². The zero-order valence-electron chi connectivity index (χ0n) is 8.30. The molecule has 80 valence electrons. The first-order valence-corrected chi connectivity index (χ1v) is 5.31. The Balaban J connectivity index is 1.85. The van der Waals surface area contributed by atoms with Crippen LogP contribution >= 0.6 is 0 Å². The lowest BCUT2D eigenvalue weighted by molar-refractivity contribution is -0.527. The van der Waals surface area contributed by atoms with E-state index in [9.17, 15) is 10.1 Å². The van der Waals surface area contributed by atoms with Gasteiger partial charge in [0.15, 0.2) is 5.82 Å². The number of aromatic nitrogens is 3. The molecule has 1 aromatic rings. The predicted molar refractivity (Wildman–Crippen MR) is 51.1 cm³/mol. The van der Waals surface area contributed by atoms with Crippen LogP contribution in [0.4, 0.5) is 0 Å². The molecule has 1 aliphatic carbocycles. The molecule has 2 heterocycles. The summed E-state index contributed by atoms with van der Waals surface area (Å²) in [6, 6.07) is -0.480. The number of nitro groups is 1. The molecule has 1 aromatic heterocycles. The van der Waals surface area contributed by atoms with Crippen LogP contribution in [0.15, 0.2) is 0 Å². The van der Waals surface area contributed by atoms with Gasteiger partial charge >= 0.3 is 0 Å². The summed E-state index contributed by atoms with van der Waals surface area (Å²) in [6.45, 7) is 0.391. The van der Waals surface area contributed by atoms with Crippen molar-refractivity contribution in [3.63, 3.8) is 0 Å². The summed E-state index contributed by atoms with van der Waals surface area (Å²) in [5.41, 5.74) is 0. The Labute approximate surface area is 86.5 Å². The Kier molecular flexibility index (Phi) is 1.77. The molecular weight excluding hydrogens is 196 g/mol. The Morgan fingerprint density at radius 3 is 2.87 bits per heavy atom. The smallest absolute Gasteiger partial charge is 0.232 e. The predicted octanol–water partition coefficient (Wildman–Crippen LogP) is 0.747. The van der Waals surface area contributed by atoms with Crippen LogP contribution in [-0.4, -0.2) is 25.7 Å². The van der Waals surface area contributed by atoms with Gasteiger partial charge in [-0.1, -0.05) is 0 Å². The fourth-order valence-electron chi connectivity index (χ4n) is 2.00. The summed E-state index contributed by atoms with van der Waals surface area (Å²) >= 11 is 0. The van der Waals surface area contributed by atoms with Crippen molar-refractivity contribution in [2.45, 2.75) is 44.2 Å². The number of hydrogen-bond acceptors (Lipinski definition) is 4. The molecule has 1 atom stereocenters. The van der Waals surface area contributed by atoms with E-state index in [-0.39, 0.29) is 4.92 Å². The van der Waals surface area contributed by atoms with Crippen LogP contribution in [0.1, 0.15) is 36.8 Å². The molecule has 0 aromatic carbocycles. The topological polar surface area (TPSA) is 73.8 Å². The molecule has 2 aliphatic rings. The Hall–Kier alpha value is -1.46. The molecule has 1 saturated carbocycles. The fraction of sp³-hybridized carbons (Fsp3) is 0.778. The highest BCUT2D eigenvalue weighted by molar-refractivity contribution is 5.07. The zero-order valence-corrected chi connectivity index (χ0v) is 8.30. The average molecular weight is 208 g/mol. The van der Waals surface area contributed by atoms with Crippen LogP contribution in [0.2, 0.25) is 0 Å². The molecule has 0 spiro atoms. The minimum atomic E-state index is -0.480. The lowest BCUT2D eigenvalue weighted by Gasteiger charge is -2.15. The fourth-order valence-corrected chi connectivity index (χ4v) is 2.00. The van der Waals surface area contributed by atoms with Gasteiger partial charge in [-0.3, -0.25) is 10.1 Å². The molecule has 3 rings (SSSR count). The van der Waals surface area contributed by atoms with Gasteiger partial charge in [-0.05, 0) is 12.8 Å². The van der Waals surface area contributed by atoms with Crippen molar-refractivity contribution < 1.29 is 4.92 Å². The molecular formula is C9H12N4O2. The van der Waals surface area contributed by atoms with Crippen LogP contribution < -0.4 is 0 Å². The highest BCUT2D eigenvalue weighted by atomic mass is 16.6. The molecule has 0 radical (unpaired) electrons. The standard InChI is InChI=1S/C9H12N4O2/c14-13(15)7-3-4-8-10-9(6-1-2-6)11-12(8)5-7/h6-7H,1-5H2. The number of rotatable bonds is 2. The molecule has 1 fully saturated rings. The summed E-state index contributed by atoms with van der Waals surface area (Å²) in [7, 11) is 0. The van der Waals surface area contributed by atoms with Gasteiger partial charge in [0.25, 0.3) is 0 Å². The highest BCUT2D eigenvalue weighted by Crippen LogP contribution is 2.38. The highest BCUT2D eigenvalue weighted by Gasteiger charge is 2.33. The quantitative estimate of drug-likeness (QED) is 0.531. The molecule has 0 bridgehead atoms. The van der Waals surface area contributed by atoms with Crippen LogP contribution in [0.5, 0.6) is 0 Å². The van der Waals surface area contributed by atoms with Crippen LogP contribution in [0.3, 0.4) is 0 Å². The molecule has 0 saturated heterocycles. The number of fused-ring (bicyclic) bond motifs is 1. The summed E-state index contributed by atoms with van der Waals surface area (Å²) in [6.07, 6.45) is 3.62. The number of aryl methyl sites for hydroxylation is 1. The van der Waals surface area contributed by atoms with Crippen molar-refractivity contribution in [3.05, 3.63) is 21.8 Å². The van der Waals surface area contributed by atoms with Gasteiger partial charge in [0.05, 0.1) is 0 Å². The Bertz CT molecular complexity index is 410. The van der Waals surface area contributed by atoms with E-state index in [0.29, 0.717) is 25.3 Å². The molecule has 0 N–H and O–H groups in total. The van der Waals surface area contributed by atoms with E-state index in [1.54, 1.807) is 4.68 Å². The maximum absolute atomic E-state index is 10.7. The van der Waals surface area contributed by atoms with Gasteiger partial charge in [0.1, 0.15) is 12.4 Å². The molecule has 0 amide bonds. The third-order valence-corrected chi connectivity index (χ3v) is 3.09. The van der Waals surface area contributed by atoms with Crippen LogP contribution in [0.25, 0.3) is 0 Å². The lowest BCUT2D eigenvalue weighted by atomic mass is 10.1. The third-order valence-electron chi connectivity index (χ3n) is 3.09. The monoisotopic (exact) mass is 208 g/mol. The van der Waals surface area contributed by atoms with Gasteiger partial charge in [-0.25, -0.2) is 9.67 Å². The minimum Gasteiger partial charge on any atom is -0.264 e. The van der Waals surface area contributed by atoms with Crippen molar-refractivity contribution in [1.82, 2.24) is 14.8 Å². The molecule has 1 aliphatic heterocycles. The van der Waals surface area contributed by atoms with Crippen LogP contribution in [-0.2, 0) is 13.0 Å². The molecule has 1 unspecified atom stereocenters. The van der Waals surface area contributed by atoms with E-state index in [1.807, 2.05) is 0 Å². The van der Waals surface area contributed by atoms with Crippen molar-refractivity contribution >= 4 is 0 Å². The van der Waals surface area contributed by atoms with E-state index in [4.69, 9.17) is 0 Å². The first kappa shape index (κ1) is 8.82. The summed E-state index contributed by atoms with van der Waals surface area (Å²) in [5.74, 6) is 2.35. The van der Waals surface area contributed by atoms with E-state index in [1.165, 1.54) is 12.8 Å². The maximum atomic E-state index is 10.7. The summed E-state index contributed by atoms with van der Waals surface area (Å²) in [5, 5.41) is 15.0. The summed E-state index contributed by atoms with van der Waals surface area (Å²) < 4.78 is 1.73.